The van der Waals surface area contributed by atoms with Crippen LogP contribution in [0.15, 0.2) is 30.3 Å². The molecule has 1 amide bonds. The van der Waals surface area contributed by atoms with Crippen molar-refractivity contribution in [2.45, 2.75) is 43.5 Å². The van der Waals surface area contributed by atoms with Gasteiger partial charge < -0.3 is 11.1 Å². The van der Waals surface area contributed by atoms with Gasteiger partial charge in [0.2, 0.25) is 5.91 Å². The SMILES string of the molecule is CSC1CCC(NC(=O)C(C)C(N)c2ccccc2)C1. The molecule has 1 saturated carbocycles. The summed E-state index contributed by atoms with van der Waals surface area (Å²) in [5.74, 6) is -0.126. The van der Waals surface area contributed by atoms with Crippen molar-refractivity contribution in [3.63, 3.8) is 0 Å². The van der Waals surface area contributed by atoms with Gasteiger partial charge in [-0.2, -0.15) is 11.8 Å². The quantitative estimate of drug-likeness (QED) is 0.877. The molecule has 4 heteroatoms. The Kier molecular flexibility index (Phi) is 5.49. The zero-order chi connectivity index (χ0) is 14.5. The first kappa shape index (κ1) is 15.4. The van der Waals surface area contributed by atoms with Gasteiger partial charge in [-0.1, -0.05) is 37.3 Å². The Hall–Kier alpha value is -1.00. The third-order valence-corrected chi connectivity index (χ3v) is 5.30. The molecule has 0 radical (unpaired) electrons. The van der Waals surface area contributed by atoms with E-state index in [4.69, 9.17) is 5.73 Å². The molecule has 3 nitrogen and oxygen atoms in total. The fraction of sp³-hybridized carbons (Fsp3) is 0.562. The van der Waals surface area contributed by atoms with Crippen LogP contribution in [0, 0.1) is 5.92 Å². The van der Waals surface area contributed by atoms with Crippen LogP contribution in [-0.2, 0) is 4.79 Å². The molecule has 4 unspecified atom stereocenters. The van der Waals surface area contributed by atoms with Gasteiger partial charge in [0.15, 0.2) is 0 Å². The van der Waals surface area contributed by atoms with Crippen LogP contribution in [0.25, 0.3) is 0 Å². The van der Waals surface area contributed by atoms with Crippen LogP contribution in [0.3, 0.4) is 0 Å². The molecule has 110 valence electrons. The van der Waals surface area contributed by atoms with Gasteiger partial charge in [-0.3, -0.25) is 4.79 Å². The molecule has 20 heavy (non-hydrogen) atoms. The van der Waals surface area contributed by atoms with Gasteiger partial charge in [0.1, 0.15) is 0 Å². The van der Waals surface area contributed by atoms with Crippen molar-refractivity contribution in [1.29, 1.82) is 0 Å². The number of amides is 1. The highest BCUT2D eigenvalue weighted by atomic mass is 32.2. The van der Waals surface area contributed by atoms with Crippen LogP contribution in [0.2, 0.25) is 0 Å². The van der Waals surface area contributed by atoms with E-state index in [2.05, 4.69) is 11.6 Å². The molecular formula is C16H24N2OS. The first-order chi connectivity index (χ1) is 9.61. The zero-order valence-corrected chi connectivity index (χ0v) is 13.0. The molecule has 0 saturated heterocycles. The summed E-state index contributed by atoms with van der Waals surface area (Å²) in [7, 11) is 0. The van der Waals surface area contributed by atoms with E-state index in [0.29, 0.717) is 11.3 Å². The molecule has 1 aromatic rings. The predicted molar refractivity (Wildman–Crippen MR) is 85.6 cm³/mol. The third kappa shape index (κ3) is 3.76. The number of hydrogen-bond acceptors (Lipinski definition) is 3. The number of thioether (sulfide) groups is 1. The van der Waals surface area contributed by atoms with Crippen molar-refractivity contribution in [3.05, 3.63) is 35.9 Å². The lowest BCUT2D eigenvalue weighted by atomic mass is 9.94. The average molecular weight is 292 g/mol. The van der Waals surface area contributed by atoms with E-state index in [9.17, 15) is 4.79 Å². The van der Waals surface area contributed by atoms with Crippen LogP contribution >= 0.6 is 11.8 Å². The van der Waals surface area contributed by atoms with Gasteiger partial charge in [0.05, 0.1) is 5.92 Å². The molecule has 0 aromatic heterocycles. The van der Waals surface area contributed by atoms with Crippen molar-refractivity contribution < 1.29 is 4.79 Å². The second-order valence-corrected chi connectivity index (χ2v) is 6.74. The van der Waals surface area contributed by atoms with E-state index in [0.717, 1.165) is 18.4 Å². The first-order valence-electron chi connectivity index (χ1n) is 7.25. The second kappa shape index (κ2) is 7.14. The summed E-state index contributed by atoms with van der Waals surface area (Å²) in [4.78, 5) is 12.3. The minimum Gasteiger partial charge on any atom is -0.353 e. The Bertz CT molecular complexity index is 437. The highest BCUT2D eigenvalue weighted by Gasteiger charge is 2.28. The third-order valence-electron chi connectivity index (χ3n) is 4.20. The lowest BCUT2D eigenvalue weighted by Gasteiger charge is -2.22. The van der Waals surface area contributed by atoms with Crippen molar-refractivity contribution >= 4 is 17.7 Å². The predicted octanol–water partition coefficient (Wildman–Crippen LogP) is 2.72. The summed E-state index contributed by atoms with van der Waals surface area (Å²) < 4.78 is 0. The van der Waals surface area contributed by atoms with Crippen LogP contribution in [-0.4, -0.2) is 23.5 Å². The highest BCUT2D eigenvalue weighted by molar-refractivity contribution is 7.99. The Labute approximate surface area is 125 Å². The lowest BCUT2D eigenvalue weighted by molar-refractivity contribution is -0.125. The normalized spacial score (nSPS) is 25.1. The van der Waals surface area contributed by atoms with Crippen LogP contribution in [0.4, 0.5) is 0 Å². The van der Waals surface area contributed by atoms with Gasteiger partial charge >= 0.3 is 0 Å². The highest BCUT2D eigenvalue weighted by Crippen LogP contribution is 2.28. The first-order valence-corrected chi connectivity index (χ1v) is 8.54. The molecule has 1 aromatic carbocycles. The Balaban J connectivity index is 1.89. The Morgan fingerprint density at radius 1 is 1.35 bits per heavy atom. The Morgan fingerprint density at radius 3 is 2.65 bits per heavy atom. The summed E-state index contributed by atoms with van der Waals surface area (Å²) in [6.45, 7) is 1.91. The number of rotatable bonds is 5. The summed E-state index contributed by atoms with van der Waals surface area (Å²) in [5, 5.41) is 3.85. The lowest BCUT2D eigenvalue weighted by Crippen LogP contribution is -2.40. The largest absolute Gasteiger partial charge is 0.353 e. The molecule has 1 aliphatic carbocycles. The number of nitrogens with two attached hydrogens (primary N) is 1. The van der Waals surface area contributed by atoms with Gasteiger partial charge in [0.25, 0.3) is 0 Å². The molecule has 1 fully saturated rings. The van der Waals surface area contributed by atoms with E-state index < -0.39 is 0 Å². The summed E-state index contributed by atoms with van der Waals surface area (Å²) >= 11 is 1.90. The fourth-order valence-corrected chi connectivity index (χ4v) is 3.54. The molecule has 1 aliphatic rings. The molecular weight excluding hydrogens is 268 g/mol. The van der Waals surface area contributed by atoms with Crippen molar-refractivity contribution in [3.8, 4) is 0 Å². The van der Waals surface area contributed by atoms with E-state index in [1.165, 1.54) is 6.42 Å². The van der Waals surface area contributed by atoms with Crippen LogP contribution < -0.4 is 11.1 Å². The number of benzene rings is 1. The number of hydrogen-bond donors (Lipinski definition) is 2. The van der Waals surface area contributed by atoms with Crippen LogP contribution in [0.1, 0.15) is 37.8 Å². The minimum absolute atomic E-state index is 0.0770. The average Bonchev–Trinajstić information content (AvgIpc) is 2.94. The van der Waals surface area contributed by atoms with E-state index in [-0.39, 0.29) is 17.9 Å². The molecule has 0 spiro atoms. The van der Waals surface area contributed by atoms with Gasteiger partial charge in [0, 0.05) is 17.3 Å². The Morgan fingerprint density at radius 2 is 2.05 bits per heavy atom. The van der Waals surface area contributed by atoms with Gasteiger partial charge in [-0.15, -0.1) is 0 Å². The van der Waals surface area contributed by atoms with Crippen LogP contribution in [0.5, 0.6) is 0 Å². The smallest absolute Gasteiger partial charge is 0.224 e. The van der Waals surface area contributed by atoms with E-state index in [1.54, 1.807) is 0 Å². The number of carbonyl (C=O) groups excluding carboxylic acids is 1. The summed E-state index contributed by atoms with van der Waals surface area (Å²) in [6, 6.07) is 9.92. The number of carbonyl (C=O) groups is 1. The molecule has 2 rings (SSSR count). The van der Waals surface area contributed by atoms with E-state index in [1.807, 2.05) is 49.0 Å². The maximum atomic E-state index is 12.3. The number of nitrogens with one attached hydrogen (secondary N) is 1. The van der Waals surface area contributed by atoms with Gasteiger partial charge in [-0.25, -0.2) is 0 Å². The molecule has 0 heterocycles. The topological polar surface area (TPSA) is 55.1 Å². The second-order valence-electron chi connectivity index (χ2n) is 5.60. The van der Waals surface area contributed by atoms with E-state index >= 15 is 0 Å². The standard InChI is InChI=1S/C16H24N2OS/c1-11(15(17)12-6-4-3-5-7-12)16(19)18-13-8-9-14(10-13)20-2/h3-7,11,13-15H,8-10,17H2,1-2H3,(H,18,19). The summed E-state index contributed by atoms with van der Waals surface area (Å²) in [6.07, 6.45) is 5.51. The molecule has 0 bridgehead atoms. The zero-order valence-electron chi connectivity index (χ0n) is 12.2. The molecule has 4 atom stereocenters. The molecule has 3 N–H and O–H groups in total. The van der Waals surface area contributed by atoms with Crippen molar-refractivity contribution in [2.75, 3.05) is 6.26 Å². The maximum Gasteiger partial charge on any atom is 0.224 e. The fourth-order valence-electron chi connectivity index (χ4n) is 2.74. The minimum atomic E-state index is -0.242. The summed E-state index contributed by atoms with van der Waals surface area (Å²) in [5.41, 5.74) is 7.22. The maximum absolute atomic E-state index is 12.3. The monoisotopic (exact) mass is 292 g/mol. The van der Waals surface area contributed by atoms with Crippen molar-refractivity contribution in [2.24, 2.45) is 11.7 Å². The molecule has 0 aliphatic heterocycles. The van der Waals surface area contributed by atoms with Crippen molar-refractivity contribution in [1.82, 2.24) is 5.32 Å². The van der Waals surface area contributed by atoms with Gasteiger partial charge in [-0.05, 0) is 31.1 Å².